The number of nitrogens with zero attached hydrogens (tertiary/aromatic N) is 2. The normalized spacial score (nSPS) is 16.2. The second-order valence-corrected chi connectivity index (χ2v) is 7.59. The molecule has 3 aromatic heterocycles. The lowest BCUT2D eigenvalue weighted by molar-refractivity contribution is -0.133. The van der Waals surface area contributed by atoms with Crippen molar-refractivity contribution in [3.63, 3.8) is 0 Å². The second-order valence-electron chi connectivity index (χ2n) is 7.59. The molecule has 0 saturated heterocycles. The molecule has 1 unspecified atom stereocenters. The molecule has 5 nitrogen and oxygen atoms in total. The van der Waals surface area contributed by atoms with Crippen molar-refractivity contribution >= 4 is 16.8 Å². The van der Waals surface area contributed by atoms with Gasteiger partial charge in [-0.3, -0.25) is 9.78 Å². The Morgan fingerprint density at radius 3 is 2.90 bits per heavy atom. The number of aryl methyl sites for hydroxylation is 2. The molecule has 4 heterocycles. The van der Waals surface area contributed by atoms with E-state index in [0.29, 0.717) is 19.4 Å². The van der Waals surface area contributed by atoms with Gasteiger partial charge >= 0.3 is 0 Å². The van der Waals surface area contributed by atoms with Crippen molar-refractivity contribution in [3.05, 3.63) is 89.3 Å². The molecule has 5 heteroatoms. The topological polar surface area (TPSA) is 62.1 Å². The van der Waals surface area contributed by atoms with Crippen LogP contribution in [-0.2, 0) is 17.6 Å². The number of hydrogen-bond donors (Lipinski definition) is 1. The highest BCUT2D eigenvalue weighted by Crippen LogP contribution is 2.38. The fraction of sp³-hybridized carbons (Fsp3) is 0.250. The van der Waals surface area contributed by atoms with E-state index < -0.39 is 0 Å². The third kappa shape index (κ3) is 3.23. The van der Waals surface area contributed by atoms with Crippen molar-refractivity contribution in [3.8, 4) is 0 Å². The van der Waals surface area contributed by atoms with Crippen LogP contribution in [0.2, 0.25) is 0 Å². The van der Waals surface area contributed by atoms with Gasteiger partial charge < -0.3 is 14.3 Å². The molecule has 0 fully saturated rings. The van der Waals surface area contributed by atoms with Crippen LogP contribution in [-0.4, -0.2) is 27.3 Å². The molecule has 0 saturated carbocycles. The molecule has 0 bridgehead atoms. The van der Waals surface area contributed by atoms with E-state index in [4.69, 9.17) is 9.40 Å². The molecular formula is C24H23N3O2. The minimum Gasteiger partial charge on any atom is -0.469 e. The zero-order chi connectivity index (χ0) is 19.8. The number of amides is 1. The van der Waals surface area contributed by atoms with Crippen molar-refractivity contribution in [1.29, 1.82) is 0 Å². The van der Waals surface area contributed by atoms with Crippen LogP contribution in [0.3, 0.4) is 0 Å². The van der Waals surface area contributed by atoms with Crippen LogP contribution in [0, 0.1) is 6.92 Å². The van der Waals surface area contributed by atoms with Gasteiger partial charge in [0.1, 0.15) is 11.8 Å². The number of hydrogen-bond acceptors (Lipinski definition) is 3. The van der Waals surface area contributed by atoms with Crippen molar-refractivity contribution < 1.29 is 9.21 Å². The fourth-order valence-corrected chi connectivity index (χ4v) is 4.36. The average Bonchev–Trinajstić information content (AvgIpc) is 3.38. The maximum Gasteiger partial charge on any atom is 0.223 e. The van der Waals surface area contributed by atoms with Gasteiger partial charge in [-0.25, -0.2) is 0 Å². The number of pyridine rings is 1. The Labute approximate surface area is 169 Å². The van der Waals surface area contributed by atoms with Gasteiger partial charge in [0.25, 0.3) is 0 Å². The Bertz CT molecular complexity index is 1160. The molecule has 1 N–H and O–H groups in total. The number of benzene rings is 1. The summed E-state index contributed by atoms with van der Waals surface area (Å²) in [5, 5.41) is 1.24. The van der Waals surface area contributed by atoms with E-state index in [0.717, 1.165) is 34.8 Å². The van der Waals surface area contributed by atoms with Crippen molar-refractivity contribution in [1.82, 2.24) is 14.9 Å². The summed E-state index contributed by atoms with van der Waals surface area (Å²) in [5.41, 5.74) is 5.35. The number of aromatic amines is 1. The first kappa shape index (κ1) is 17.7. The largest absolute Gasteiger partial charge is 0.469 e. The van der Waals surface area contributed by atoms with E-state index in [9.17, 15) is 4.79 Å². The summed E-state index contributed by atoms with van der Waals surface area (Å²) >= 11 is 0. The zero-order valence-electron chi connectivity index (χ0n) is 16.4. The maximum atomic E-state index is 13.2. The lowest BCUT2D eigenvalue weighted by Gasteiger charge is -2.35. The van der Waals surface area contributed by atoms with Gasteiger partial charge in [-0.15, -0.1) is 0 Å². The molecule has 1 aliphatic rings. The fourth-order valence-electron chi connectivity index (χ4n) is 4.36. The standard InChI is InChI=1S/C24H23N3O2/c1-16-6-4-10-21(25-16)24-23-19(18-8-2-3-9-20(18)26-23)13-14-27(24)22(28)12-11-17-7-5-15-29-17/h2-10,15,24,26H,11-14H2,1H3. The number of para-hydroxylation sites is 1. The van der Waals surface area contributed by atoms with Crippen LogP contribution in [0.1, 0.15) is 40.9 Å². The molecule has 1 amide bonds. The smallest absolute Gasteiger partial charge is 0.223 e. The molecule has 0 spiro atoms. The highest BCUT2D eigenvalue weighted by Gasteiger charge is 2.35. The molecule has 29 heavy (non-hydrogen) atoms. The number of H-pyrrole nitrogens is 1. The first-order chi connectivity index (χ1) is 14.2. The molecule has 146 valence electrons. The minimum atomic E-state index is -0.199. The summed E-state index contributed by atoms with van der Waals surface area (Å²) < 4.78 is 5.41. The van der Waals surface area contributed by atoms with E-state index in [1.807, 2.05) is 48.2 Å². The summed E-state index contributed by atoms with van der Waals surface area (Å²) in [7, 11) is 0. The molecule has 0 radical (unpaired) electrons. The number of carbonyl (C=O) groups is 1. The van der Waals surface area contributed by atoms with Crippen LogP contribution >= 0.6 is 0 Å². The Balaban J connectivity index is 1.54. The Morgan fingerprint density at radius 1 is 1.17 bits per heavy atom. The first-order valence-corrected chi connectivity index (χ1v) is 10.1. The van der Waals surface area contributed by atoms with Gasteiger partial charge in [0.2, 0.25) is 5.91 Å². The lowest BCUT2D eigenvalue weighted by atomic mass is 9.94. The molecule has 5 rings (SSSR count). The number of carbonyl (C=O) groups excluding carboxylic acids is 1. The first-order valence-electron chi connectivity index (χ1n) is 10.1. The summed E-state index contributed by atoms with van der Waals surface area (Å²) in [6, 6.07) is 17.9. The third-order valence-electron chi connectivity index (χ3n) is 5.71. The Hall–Kier alpha value is -3.34. The SMILES string of the molecule is Cc1cccc(C2c3[nH]c4ccccc4c3CCN2C(=O)CCc2ccco2)n1. The van der Waals surface area contributed by atoms with Crippen molar-refractivity contribution in [2.45, 2.75) is 32.2 Å². The molecule has 1 aliphatic heterocycles. The highest BCUT2D eigenvalue weighted by atomic mass is 16.3. The summed E-state index contributed by atoms with van der Waals surface area (Å²) in [6.07, 6.45) is 3.52. The van der Waals surface area contributed by atoms with E-state index in [1.165, 1.54) is 10.9 Å². The lowest BCUT2D eigenvalue weighted by Crippen LogP contribution is -2.41. The second kappa shape index (κ2) is 7.24. The van der Waals surface area contributed by atoms with Gasteiger partial charge in [-0.05, 0) is 49.2 Å². The maximum absolute atomic E-state index is 13.2. The number of rotatable bonds is 4. The zero-order valence-corrected chi connectivity index (χ0v) is 16.4. The van der Waals surface area contributed by atoms with E-state index in [2.05, 4.69) is 23.2 Å². The molecule has 0 aliphatic carbocycles. The number of fused-ring (bicyclic) bond motifs is 3. The molecule has 1 aromatic carbocycles. The Morgan fingerprint density at radius 2 is 2.07 bits per heavy atom. The van der Waals surface area contributed by atoms with Crippen molar-refractivity contribution in [2.75, 3.05) is 6.54 Å². The molecular weight excluding hydrogens is 362 g/mol. The van der Waals surface area contributed by atoms with Crippen LogP contribution < -0.4 is 0 Å². The van der Waals surface area contributed by atoms with Gasteiger partial charge in [0, 0.05) is 41.7 Å². The van der Waals surface area contributed by atoms with E-state index in [1.54, 1.807) is 6.26 Å². The van der Waals surface area contributed by atoms with Gasteiger partial charge in [-0.2, -0.15) is 0 Å². The molecule has 4 aromatic rings. The van der Waals surface area contributed by atoms with E-state index in [-0.39, 0.29) is 11.9 Å². The minimum absolute atomic E-state index is 0.124. The number of furan rings is 1. The predicted molar refractivity (Wildman–Crippen MR) is 112 cm³/mol. The van der Waals surface area contributed by atoms with Gasteiger partial charge in [0.15, 0.2) is 0 Å². The number of aromatic nitrogens is 2. The highest BCUT2D eigenvalue weighted by molar-refractivity contribution is 5.86. The van der Waals surface area contributed by atoms with Crippen LogP contribution in [0.15, 0.2) is 65.3 Å². The number of nitrogens with one attached hydrogen (secondary N) is 1. The quantitative estimate of drug-likeness (QED) is 0.560. The third-order valence-corrected chi connectivity index (χ3v) is 5.71. The van der Waals surface area contributed by atoms with Crippen LogP contribution in [0.5, 0.6) is 0 Å². The predicted octanol–water partition coefficient (Wildman–Crippen LogP) is 4.57. The van der Waals surface area contributed by atoms with Gasteiger partial charge in [0.05, 0.1) is 12.0 Å². The summed E-state index contributed by atoms with van der Waals surface area (Å²) in [6.45, 7) is 2.67. The van der Waals surface area contributed by atoms with Crippen LogP contribution in [0.25, 0.3) is 10.9 Å². The summed E-state index contributed by atoms with van der Waals surface area (Å²) in [4.78, 5) is 23.6. The Kier molecular flexibility index (Phi) is 4.43. The van der Waals surface area contributed by atoms with E-state index >= 15 is 0 Å². The van der Waals surface area contributed by atoms with Crippen molar-refractivity contribution in [2.24, 2.45) is 0 Å². The monoisotopic (exact) mass is 385 g/mol. The average molecular weight is 385 g/mol. The van der Waals surface area contributed by atoms with Crippen LogP contribution in [0.4, 0.5) is 0 Å². The summed E-state index contributed by atoms with van der Waals surface area (Å²) in [5.74, 6) is 0.964. The van der Waals surface area contributed by atoms with Gasteiger partial charge in [-0.1, -0.05) is 24.3 Å². The molecule has 1 atom stereocenters.